The van der Waals surface area contributed by atoms with Gasteiger partial charge in [0.1, 0.15) is 11.9 Å². The number of halogens is 1. The van der Waals surface area contributed by atoms with E-state index in [9.17, 15) is 27.5 Å². The number of benzene rings is 1. The molecule has 3 unspecified atom stereocenters. The van der Waals surface area contributed by atoms with Crippen molar-refractivity contribution in [3.63, 3.8) is 0 Å². The number of aromatic nitrogens is 2. The zero-order valence-corrected chi connectivity index (χ0v) is 18.5. The molecule has 1 aromatic heterocycles. The first-order valence-electron chi connectivity index (χ1n) is 10.1. The Morgan fingerprint density at radius 3 is 2.66 bits per heavy atom. The van der Waals surface area contributed by atoms with E-state index in [-0.39, 0.29) is 17.9 Å². The van der Waals surface area contributed by atoms with Crippen molar-refractivity contribution in [2.24, 2.45) is 5.92 Å². The van der Waals surface area contributed by atoms with Gasteiger partial charge in [0.05, 0.1) is 23.0 Å². The van der Waals surface area contributed by atoms with Crippen LogP contribution in [0, 0.1) is 11.7 Å². The highest BCUT2D eigenvalue weighted by Gasteiger charge is 2.34. The molecule has 4 N–H and O–H groups in total. The highest BCUT2D eigenvalue weighted by atomic mass is 32.2. The molecule has 1 aliphatic heterocycles. The van der Waals surface area contributed by atoms with Crippen molar-refractivity contribution in [1.29, 1.82) is 0 Å². The summed E-state index contributed by atoms with van der Waals surface area (Å²) in [6.45, 7) is 4.06. The maximum Gasteiger partial charge on any atom is 0.251 e. The summed E-state index contributed by atoms with van der Waals surface area (Å²) in [6.07, 6.45) is 1.86. The van der Waals surface area contributed by atoms with Crippen molar-refractivity contribution < 1.29 is 27.5 Å². The third kappa shape index (κ3) is 5.69. The number of nitrogens with one attached hydrogen (secondary N) is 3. The molecule has 1 aliphatic rings. The molecule has 0 saturated heterocycles. The number of fused-ring (bicyclic) bond motifs is 2. The van der Waals surface area contributed by atoms with Gasteiger partial charge in [-0.15, -0.1) is 0 Å². The first kappa shape index (κ1) is 23.8. The lowest BCUT2D eigenvalue weighted by molar-refractivity contribution is -0.132. The van der Waals surface area contributed by atoms with Crippen LogP contribution in [0.25, 0.3) is 0 Å². The Hall–Kier alpha value is -2.83. The maximum atomic E-state index is 13.1. The highest BCUT2D eigenvalue weighted by molar-refractivity contribution is 7.89. The fraction of sp³-hybridized carbons (Fsp3) is 0.450. The standard InChI is InChI=1S/C20H26FN5O5S/c1-12(2)17(25-32(30,31)15-5-3-13(21)4-6-15)19(28)24-16-9-14-10-26(11-23-14)8-7-22-20(29)18(16)27/h3-6,10-12,16-18,25,27H,7-9H2,1-2H3,(H,22,29)(H,24,28). The predicted octanol–water partition coefficient (Wildman–Crippen LogP) is -0.457. The molecule has 2 aromatic rings. The van der Waals surface area contributed by atoms with E-state index in [1.807, 2.05) is 0 Å². The van der Waals surface area contributed by atoms with Crippen LogP contribution < -0.4 is 15.4 Å². The quantitative estimate of drug-likeness (QED) is 0.453. The summed E-state index contributed by atoms with van der Waals surface area (Å²) in [5, 5.41) is 15.7. The molecule has 3 atom stereocenters. The van der Waals surface area contributed by atoms with E-state index in [1.54, 1.807) is 30.9 Å². The molecular formula is C20H26FN5O5S. The number of hydrogen-bond acceptors (Lipinski definition) is 6. The van der Waals surface area contributed by atoms with Gasteiger partial charge in [-0.2, -0.15) is 4.72 Å². The molecule has 0 spiro atoms. The Kier molecular flexibility index (Phi) is 7.26. The lowest BCUT2D eigenvalue weighted by atomic mass is 10.0. The van der Waals surface area contributed by atoms with Crippen molar-refractivity contribution in [2.75, 3.05) is 6.54 Å². The van der Waals surface area contributed by atoms with Gasteiger partial charge >= 0.3 is 0 Å². The van der Waals surface area contributed by atoms with Gasteiger partial charge < -0.3 is 20.3 Å². The van der Waals surface area contributed by atoms with Crippen molar-refractivity contribution >= 4 is 21.8 Å². The fourth-order valence-electron chi connectivity index (χ4n) is 3.31. The van der Waals surface area contributed by atoms with E-state index in [1.165, 1.54) is 0 Å². The molecule has 2 heterocycles. The average molecular weight is 468 g/mol. The van der Waals surface area contributed by atoms with Crippen molar-refractivity contribution in [2.45, 2.75) is 49.9 Å². The van der Waals surface area contributed by atoms with Crippen molar-refractivity contribution in [3.05, 3.63) is 48.3 Å². The normalized spacial score (nSPS) is 20.5. The van der Waals surface area contributed by atoms with Crippen molar-refractivity contribution in [1.82, 2.24) is 24.9 Å². The molecule has 12 heteroatoms. The first-order valence-corrected chi connectivity index (χ1v) is 11.6. The van der Waals surface area contributed by atoms with Gasteiger partial charge in [-0.05, 0) is 30.2 Å². The number of carbonyl (C=O) groups excluding carboxylic acids is 2. The van der Waals surface area contributed by atoms with E-state index < -0.39 is 51.8 Å². The van der Waals surface area contributed by atoms with Crippen LogP contribution in [-0.2, 0) is 32.6 Å². The Bertz CT molecular complexity index is 1070. The lowest BCUT2D eigenvalue weighted by Gasteiger charge is -2.28. The van der Waals surface area contributed by atoms with Crippen LogP contribution in [0.15, 0.2) is 41.7 Å². The minimum atomic E-state index is -4.12. The Balaban J connectivity index is 1.80. The summed E-state index contributed by atoms with van der Waals surface area (Å²) >= 11 is 0. The maximum absolute atomic E-state index is 13.1. The molecule has 3 rings (SSSR count). The number of aliphatic hydroxyl groups is 1. The third-order valence-electron chi connectivity index (χ3n) is 5.12. The van der Waals surface area contributed by atoms with Crippen LogP contribution in [0.5, 0.6) is 0 Å². The second-order valence-electron chi connectivity index (χ2n) is 7.95. The van der Waals surface area contributed by atoms with Gasteiger partial charge in [0.2, 0.25) is 15.9 Å². The summed E-state index contributed by atoms with van der Waals surface area (Å²) in [5.41, 5.74) is 0.567. The molecule has 10 nitrogen and oxygen atoms in total. The molecule has 2 amide bonds. The minimum absolute atomic E-state index is 0.0723. The molecule has 0 aliphatic carbocycles. The fourth-order valence-corrected chi connectivity index (χ4v) is 4.65. The Morgan fingerprint density at radius 2 is 2.00 bits per heavy atom. The number of carbonyl (C=O) groups is 2. The second-order valence-corrected chi connectivity index (χ2v) is 9.67. The van der Waals surface area contributed by atoms with Crippen LogP contribution in [-0.4, -0.2) is 59.6 Å². The zero-order valence-electron chi connectivity index (χ0n) is 17.7. The van der Waals surface area contributed by atoms with Crippen LogP contribution >= 0.6 is 0 Å². The third-order valence-corrected chi connectivity index (χ3v) is 6.57. The smallest absolute Gasteiger partial charge is 0.251 e. The van der Waals surface area contributed by atoms with Gasteiger partial charge in [-0.25, -0.2) is 17.8 Å². The van der Waals surface area contributed by atoms with Gasteiger partial charge in [0, 0.05) is 25.7 Å². The van der Waals surface area contributed by atoms with Crippen LogP contribution in [0.1, 0.15) is 19.5 Å². The van der Waals surface area contributed by atoms with Gasteiger partial charge in [-0.1, -0.05) is 13.8 Å². The topological polar surface area (TPSA) is 142 Å². The first-order chi connectivity index (χ1) is 15.1. The second kappa shape index (κ2) is 9.76. The lowest BCUT2D eigenvalue weighted by Crippen LogP contribution is -2.57. The summed E-state index contributed by atoms with van der Waals surface area (Å²) in [6, 6.07) is 1.98. The van der Waals surface area contributed by atoms with E-state index >= 15 is 0 Å². The monoisotopic (exact) mass is 467 g/mol. The highest BCUT2D eigenvalue weighted by Crippen LogP contribution is 2.14. The van der Waals surface area contributed by atoms with Gasteiger partial charge in [-0.3, -0.25) is 9.59 Å². The predicted molar refractivity (Wildman–Crippen MR) is 112 cm³/mol. The number of nitrogens with zero attached hydrogens (tertiary/aromatic N) is 2. The van der Waals surface area contributed by atoms with Gasteiger partial charge in [0.15, 0.2) is 6.10 Å². The van der Waals surface area contributed by atoms with Crippen LogP contribution in [0.4, 0.5) is 4.39 Å². The molecule has 1 aromatic carbocycles. The number of hydrogen-bond donors (Lipinski definition) is 4. The SMILES string of the molecule is CC(C)C(NS(=O)(=O)c1ccc(F)cc1)C(=O)NC1Cc2cn(cn2)CCNC(=O)C1O. The molecule has 0 saturated carbocycles. The largest absolute Gasteiger partial charge is 0.381 e. The van der Waals surface area contributed by atoms with E-state index in [0.29, 0.717) is 12.2 Å². The van der Waals surface area contributed by atoms with Crippen LogP contribution in [0.3, 0.4) is 0 Å². The molecule has 2 bridgehead atoms. The van der Waals surface area contributed by atoms with E-state index in [0.717, 1.165) is 24.3 Å². The molecule has 0 radical (unpaired) electrons. The number of amides is 2. The number of aliphatic hydroxyl groups excluding tert-OH is 1. The molecule has 0 fully saturated rings. The summed E-state index contributed by atoms with van der Waals surface area (Å²) in [7, 11) is -4.12. The molecule has 174 valence electrons. The number of rotatable bonds is 6. The van der Waals surface area contributed by atoms with E-state index in [2.05, 4.69) is 20.3 Å². The molecular weight excluding hydrogens is 441 g/mol. The number of imidazole rings is 1. The number of sulfonamides is 1. The Labute approximate surface area is 185 Å². The average Bonchev–Trinajstić information content (AvgIpc) is 3.17. The minimum Gasteiger partial charge on any atom is -0.381 e. The molecule has 32 heavy (non-hydrogen) atoms. The Morgan fingerprint density at radius 1 is 1.31 bits per heavy atom. The summed E-state index contributed by atoms with van der Waals surface area (Å²) in [4.78, 5) is 29.3. The van der Waals surface area contributed by atoms with Crippen LogP contribution in [0.2, 0.25) is 0 Å². The summed E-state index contributed by atoms with van der Waals surface area (Å²) in [5.74, 6) is -2.41. The van der Waals surface area contributed by atoms with Gasteiger partial charge in [0.25, 0.3) is 5.91 Å². The summed E-state index contributed by atoms with van der Waals surface area (Å²) < 4.78 is 42.7. The van der Waals surface area contributed by atoms with Crippen molar-refractivity contribution in [3.8, 4) is 0 Å². The zero-order chi connectivity index (χ0) is 23.5. The van der Waals surface area contributed by atoms with E-state index in [4.69, 9.17) is 0 Å².